The summed E-state index contributed by atoms with van der Waals surface area (Å²) < 4.78 is 12.3. The molecule has 2 aromatic rings. The topological polar surface area (TPSA) is 90.3 Å². The summed E-state index contributed by atoms with van der Waals surface area (Å²) in [6, 6.07) is 5.74. The highest BCUT2D eigenvalue weighted by Gasteiger charge is 2.21. The molecule has 0 radical (unpaired) electrons. The molecule has 8 nitrogen and oxygen atoms in total. The number of nitrogens with one attached hydrogen (secondary N) is 2. The fourth-order valence-corrected chi connectivity index (χ4v) is 3.45. The molecule has 1 aromatic carbocycles. The number of aromatic nitrogens is 3. The monoisotopic (exact) mass is 387 g/mol. The van der Waals surface area contributed by atoms with Gasteiger partial charge in [0.05, 0.1) is 14.2 Å². The van der Waals surface area contributed by atoms with Crippen LogP contribution in [0.15, 0.2) is 18.2 Å². The summed E-state index contributed by atoms with van der Waals surface area (Å²) in [4.78, 5) is 16.9. The van der Waals surface area contributed by atoms with E-state index in [1.54, 1.807) is 18.9 Å². The number of nitrogens with zero attached hydrogens (tertiary/aromatic N) is 3. The Morgan fingerprint density at radius 1 is 1.29 bits per heavy atom. The number of carbonyl (C=O) groups excluding carboxylic acids is 1. The SMILES string of the molecule is COc1ccc(CCCC(=O)Nc2nc(C3CCNCC3)nn2C)c(OC)c1. The first-order chi connectivity index (χ1) is 13.6. The van der Waals surface area contributed by atoms with Gasteiger partial charge in [0, 0.05) is 25.5 Å². The Hall–Kier alpha value is -2.61. The van der Waals surface area contributed by atoms with E-state index < -0.39 is 0 Å². The molecule has 1 aliphatic rings. The Kier molecular flexibility index (Phi) is 6.86. The summed E-state index contributed by atoms with van der Waals surface area (Å²) >= 11 is 0. The van der Waals surface area contributed by atoms with Gasteiger partial charge in [-0.3, -0.25) is 10.1 Å². The predicted molar refractivity (Wildman–Crippen MR) is 107 cm³/mol. The zero-order chi connectivity index (χ0) is 19.9. The summed E-state index contributed by atoms with van der Waals surface area (Å²) in [7, 11) is 5.08. The van der Waals surface area contributed by atoms with Crippen LogP contribution in [0.25, 0.3) is 0 Å². The lowest BCUT2D eigenvalue weighted by Gasteiger charge is -2.19. The molecule has 2 N–H and O–H groups in total. The molecule has 0 bridgehead atoms. The van der Waals surface area contributed by atoms with Crippen molar-refractivity contribution in [2.75, 3.05) is 32.6 Å². The van der Waals surface area contributed by atoms with Crippen LogP contribution in [0, 0.1) is 0 Å². The number of aryl methyl sites for hydroxylation is 2. The second-order valence-electron chi connectivity index (χ2n) is 7.02. The van der Waals surface area contributed by atoms with Gasteiger partial charge in [0.2, 0.25) is 11.9 Å². The summed E-state index contributed by atoms with van der Waals surface area (Å²) in [5, 5.41) is 10.7. The fraction of sp³-hybridized carbons (Fsp3) is 0.550. The number of carbonyl (C=O) groups is 1. The zero-order valence-electron chi connectivity index (χ0n) is 16.8. The molecule has 0 saturated carbocycles. The van der Waals surface area contributed by atoms with Crippen molar-refractivity contribution in [3.05, 3.63) is 29.6 Å². The van der Waals surface area contributed by atoms with E-state index in [2.05, 4.69) is 20.7 Å². The third-order valence-electron chi connectivity index (χ3n) is 5.08. The van der Waals surface area contributed by atoms with Crippen molar-refractivity contribution in [2.24, 2.45) is 7.05 Å². The highest BCUT2D eigenvalue weighted by Crippen LogP contribution is 2.26. The van der Waals surface area contributed by atoms with Gasteiger partial charge in [-0.05, 0) is 50.4 Å². The number of anilines is 1. The fourth-order valence-electron chi connectivity index (χ4n) is 3.45. The van der Waals surface area contributed by atoms with E-state index in [4.69, 9.17) is 9.47 Å². The first kappa shape index (κ1) is 20.1. The second kappa shape index (κ2) is 9.54. The maximum absolute atomic E-state index is 12.3. The van der Waals surface area contributed by atoms with Gasteiger partial charge in [0.1, 0.15) is 11.5 Å². The van der Waals surface area contributed by atoms with Gasteiger partial charge in [-0.2, -0.15) is 10.1 Å². The molecule has 1 fully saturated rings. The Morgan fingerprint density at radius 2 is 2.07 bits per heavy atom. The zero-order valence-corrected chi connectivity index (χ0v) is 16.8. The Balaban J connectivity index is 1.51. The number of hydrogen-bond acceptors (Lipinski definition) is 6. The lowest BCUT2D eigenvalue weighted by molar-refractivity contribution is -0.116. The number of benzene rings is 1. The van der Waals surface area contributed by atoms with E-state index in [-0.39, 0.29) is 5.91 Å². The van der Waals surface area contributed by atoms with E-state index in [9.17, 15) is 4.79 Å². The second-order valence-corrected chi connectivity index (χ2v) is 7.02. The van der Waals surface area contributed by atoms with Gasteiger partial charge >= 0.3 is 0 Å². The van der Waals surface area contributed by atoms with Crippen LogP contribution in [0.3, 0.4) is 0 Å². The number of piperidine rings is 1. The van der Waals surface area contributed by atoms with Gasteiger partial charge in [-0.15, -0.1) is 0 Å². The van der Waals surface area contributed by atoms with Crippen LogP contribution in [0.4, 0.5) is 5.95 Å². The standard InChI is InChI=1S/C20H29N5O3/c1-25-20(23-19(24-25)15-9-11-21-12-10-15)22-18(26)6-4-5-14-7-8-16(27-2)13-17(14)28-3/h7-8,13,15,21H,4-6,9-12H2,1-3H3,(H,22,23,24,26). The average molecular weight is 387 g/mol. The Labute approximate surface area is 165 Å². The molecule has 2 heterocycles. The number of methoxy groups -OCH3 is 2. The molecule has 0 atom stereocenters. The van der Waals surface area contributed by atoms with Gasteiger partial charge in [-0.25, -0.2) is 4.68 Å². The lowest BCUT2D eigenvalue weighted by atomic mass is 9.98. The lowest BCUT2D eigenvalue weighted by Crippen LogP contribution is -2.27. The molecule has 0 unspecified atom stereocenters. The first-order valence-electron chi connectivity index (χ1n) is 9.73. The van der Waals surface area contributed by atoms with Gasteiger partial charge in [-0.1, -0.05) is 6.07 Å². The van der Waals surface area contributed by atoms with Crippen molar-refractivity contribution in [1.29, 1.82) is 0 Å². The molecular formula is C20H29N5O3. The van der Waals surface area contributed by atoms with Crippen molar-refractivity contribution in [1.82, 2.24) is 20.1 Å². The smallest absolute Gasteiger partial charge is 0.227 e. The van der Waals surface area contributed by atoms with Crippen molar-refractivity contribution in [3.63, 3.8) is 0 Å². The van der Waals surface area contributed by atoms with Crippen LogP contribution in [-0.2, 0) is 18.3 Å². The van der Waals surface area contributed by atoms with E-state index in [0.29, 0.717) is 24.7 Å². The largest absolute Gasteiger partial charge is 0.497 e. The molecule has 0 aliphatic carbocycles. The minimum absolute atomic E-state index is 0.0557. The molecule has 1 aromatic heterocycles. The van der Waals surface area contributed by atoms with E-state index in [0.717, 1.165) is 55.2 Å². The van der Waals surface area contributed by atoms with Gasteiger partial charge in [0.15, 0.2) is 5.82 Å². The molecule has 152 valence electrons. The maximum atomic E-state index is 12.3. The van der Waals surface area contributed by atoms with Crippen LogP contribution >= 0.6 is 0 Å². The third kappa shape index (κ3) is 5.01. The average Bonchev–Trinajstić information content (AvgIpc) is 3.09. The normalized spacial score (nSPS) is 14.7. The van der Waals surface area contributed by atoms with E-state index in [1.807, 2.05) is 25.2 Å². The summed E-state index contributed by atoms with van der Waals surface area (Å²) in [6.45, 7) is 1.97. The molecule has 8 heteroatoms. The summed E-state index contributed by atoms with van der Waals surface area (Å²) in [5.41, 5.74) is 1.06. The van der Waals surface area contributed by atoms with E-state index >= 15 is 0 Å². The van der Waals surface area contributed by atoms with Crippen LogP contribution in [0.2, 0.25) is 0 Å². The summed E-state index contributed by atoms with van der Waals surface area (Å²) in [5.74, 6) is 3.17. The molecule has 1 aliphatic heterocycles. The molecule has 0 spiro atoms. The number of hydrogen-bond donors (Lipinski definition) is 2. The van der Waals surface area contributed by atoms with Crippen LogP contribution in [-0.4, -0.2) is 48.0 Å². The Morgan fingerprint density at radius 3 is 2.79 bits per heavy atom. The minimum atomic E-state index is -0.0557. The number of rotatable bonds is 8. The van der Waals surface area contributed by atoms with Crippen molar-refractivity contribution < 1.29 is 14.3 Å². The highest BCUT2D eigenvalue weighted by molar-refractivity contribution is 5.88. The Bertz CT molecular complexity index is 799. The minimum Gasteiger partial charge on any atom is -0.497 e. The third-order valence-corrected chi connectivity index (χ3v) is 5.08. The molecule has 1 amide bonds. The quantitative estimate of drug-likeness (QED) is 0.722. The molecular weight excluding hydrogens is 358 g/mol. The maximum Gasteiger partial charge on any atom is 0.227 e. The van der Waals surface area contributed by atoms with Crippen molar-refractivity contribution >= 4 is 11.9 Å². The molecule has 3 rings (SSSR count). The summed E-state index contributed by atoms with van der Waals surface area (Å²) in [6.07, 6.45) is 3.93. The van der Waals surface area contributed by atoms with Crippen molar-refractivity contribution in [3.8, 4) is 11.5 Å². The van der Waals surface area contributed by atoms with Crippen molar-refractivity contribution in [2.45, 2.75) is 38.0 Å². The molecule has 1 saturated heterocycles. The van der Waals surface area contributed by atoms with Crippen LogP contribution in [0.5, 0.6) is 11.5 Å². The van der Waals surface area contributed by atoms with E-state index in [1.165, 1.54) is 0 Å². The molecule has 28 heavy (non-hydrogen) atoms. The van der Waals surface area contributed by atoms with Gasteiger partial charge < -0.3 is 14.8 Å². The number of amides is 1. The highest BCUT2D eigenvalue weighted by atomic mass is 16.5. The van der Waals surface area contributed by atoms with Crippen LogP contribution in [0.1, 0.15) is 43.0 Å². The van der Waals surface area contributed by atoms with Gasteiger partial charge in [0.25, 0.3) is 0 Å². The van der Waals surface area contributed by atoms with Crippen LogP contribution < -0.4 is 20.1 Å². The predicted octanol–water partition coefficient (Wildman–Crippen LogP) is 2.26. The first-order valence-corrected chi connectivity index (χ1v) is 9.73. The number of ether oxygens (including phenoxy) is 2.